The second-order valence-corrected chi connectivity index (χ2v) is 8.73. The molecule has 7 heteroatoms. The topological polar surface area (TPSA) is 90.3 Å². The zero-order valence-electron chi connectivity index (χ0n) is 15.8. The standard InChI is InChI=1S/C21H23N3O3S/c1-2-16-7-9-19(10-8-16)23-21(25)17-11-13-24(14-12-17)28(26,27)20-6-4-3-5-18(20)15-22/h3-10,17H,2,11-14H2,1H3,(H,23,25). The molecule has 0 bridgehead atoms. The van der Waals surface area contributed by atoms with E-state index in [2.05, 4.69) is 12.2 Å². The van der Waals surface area contributed by atoms with Crippen molar-refractivity contribution in [2.45, 2.75) is 31.1 Å². The fourth-order valence-corrected chi connectivity index (χ4v) is 4.96. The number of rotatable bonds is 5. The molecule has 1 saturated heterocycles. The van der Waals surface area contributed by atoms with Crippen molar-refractivity contribution in [1.29, 1.82) is 5.26 Å². The van der Waals surface area contributed by atoms with Crippen molar-refractivity contribution in [3.8, 4) is 6.07 Å². The molecule has 28 heavy (non-hydrogen) atoms. The molecule has 0 aliphatic carbocycles. The number of piperidine rings is 1. The monoisotopic (exact) mass is 397 g/mol. The molecule has 0 saturated carbocycles. The minimum absolute atomic E-state index is 0.0245. The zero-order valence-corrected chi connectivity index (χ0v) is 16.6. The Morgan fingerprint density at radius 3 is 2.39 bits per heavy atom. The second kappa shape index (κ2) is 8.55. The first kappa shape index (κ1) is 20.1. The smallest absolute Gasteiger partial charge is 0.244 e. The molecule has 6 nitrogen and oxygen atoms in total. The quantitative estimate of drug-likeness (QED) is 0.839. The molecule has 1 aliphatic rings. The van der Waals surface area contributed by atoms with E-state index in [0.717, 1.165) is 12.1 Å². The predicted octanol–water partition coefficient (Wildman–Crippen LogP) is 3.16. The molecule has 1 heterocycles. The highest BCUT2D eigenvalue weighted by atomic mass is 32.2. The van der Waals surface area contributed by atoms with Gasteiger partial charge in [0.05, 0.1) is 10.5 Å². The van der Waals surface area contributed by atoms with Gasteiger partial charge in [-0.2, -0.15) is 9.57 Å². The van der Waals surface area contributed by atoms with E-state index < -0.39 is 10.0 Å². The highest BCUT2D eigenvalue weighted by Gasteiger charge is 2.33. The van der Waals surface area contributed by atoms with Gasteiger partial charge in [-0.05, 0) is 49.1 Å². The van der Waals surface area contributed by atoms with Crippen LogP contribution >= 0.6 is 0 Å². The average molecular weight is 398 g/mol. The maximum atomic E-state index is 12.9. The number of hydrogen-bond acceptors (Lipinski definition) is 4. The summed E-state index contributed by atoms with van der Waals surface area (Å²) in [6.07, 6.45) is 1.84. The minimum atomic E-state index is -3.74. The van der Waals surface area contributed by atoms with Gasteiger partial charge in [-0.25, -0.2) is 8.42 Å². The van der Waals surface area contributed by atoms with Crippen molar-refractivity contribution in [3.05, 3.63) is 59.7 Å². The van der Waals surface area contributed by atoms with Crippen molar-refractivity contribution < 1.29 is 13.2 Å². The Labute approximate surface area is 165 Å². The first-order valence-corrected chi connectivity index (χ1v) is 10.8. The molecule has 0 radical (unpaired) electrons. The van der Waals surface area contributed by atoms with E-state index in [1.54, 1.807) is 12.1 Å². The molecule has 1 N–H and O–H groups in total. The SMILES string of the molecule is CCc1ccc(NC(=O)C2CCN(S(=O)(=O)c3ccccc3C#N)CC2)cc1. The number of nitrogens with one attached hydrogen (secondary N) is 1. The van der Waals surface area contributed by atoms with Crippen LogP contribution in [0.3, 0.4) is 0 Å². The Hall–Kier alpha value is -2.69. The van der Waals surface area contributed by atoms with Crippen LogP contribution in [0.1, 0.15) is 30.9 Å². The first-order chi connectivity index (χ1) is 13.5. The number of amides is 1. The Bertz CT molecular complexity index is 986. The Balaban J connectivity index is 1.63. The van der Waals surface area contributed by atoms with E-state index in [9.17, 15) is 18.5 Å². The van der Waals surface area contributed by atoms with Gasteiger partial charge < -0.3 is 5.32 Å². The lowest BCUT2D eigenvalue weighted by atomic mass is 9.97. The summed E-state index contributed by atoms with van der Waals surface area (Å²) in [5, 5.41) is 12.1. The van der Waals surface area contributed by atoms with Crippen molar-refractivity contribution in [3.63, 3.8) is 0 Å². The Kier molecular flexibility index (Phi) is 6.12. The number of nitrogens with zero attached hydrogens (tertiary/aromatic N) is 2. The maximum Gasteiger partial charge on any atom is 0.244 e. The molecule has 1 amide bonds. The largest absolute Gasteiger partial charge is 0.326 e. The number of anilines is 1. The zero-order chi connectivity index (χ0) is 20.1. The molecule has 0 atom stereocenters. The van der Waals surface area contributed by atoms with Gasteiger partial charge in [-0.15, -0.1) is 0 Å². The molecular formula is C21H23N3O3S. The lowest BCUT2D eigenvalue weighted by Crippen LogP contribution is -2.41. The summed E-state index contributed by atoms with van der Waals surface area (Å²) in [5.41, 5.74) is 2.09. The molecule has 2 aromatic rings. The number of carbonyl (C=O) groups excluding carboxylic acids is 1. The molecule has 0 spiro atoms. The van der Waals surface area contributed by atoms with Gasteiger partial charge in [0.1, 0.15) is 6.07 Å². The summed E-state index contributed by atoms with van der Waals surface area (Å²) in [5.74, 6) is -0.317. The number of aryl methyl sites for hydroxylation is 1. The van der Waals surface area contributed by atoms with Crippen LogP contribution in [0.2, 0.25) is 0 Å². The molecule has 2 aromatic carbocycles. The normalized spacial score (nSPS) is 15.7. The predicted molar refractivity (Wildman–Crippen MR) is 107 cm³/mol. The maximum absolute atomic E-state index is 12.9. The van der Waals surface area contributed by atoms with E-state index in [4.69, 9.17) is 0 Å². The van der Waals surface area contributed by atoms with E-state index in [0.29, 0.717) is 12.8 Å². The van der Waals surface area contributed by atoms with Crippen molar-refractivity contribution >= 4 is 21.6 Å². The van der Waals surface area contributed by atoms with Crippen molar-refractivity contribution in [2.75, 3.05) is 18.4 Å². The summed E-state index contributed by atoms with van der Waals surface area (Å²) in [6.45, 7) is 2.59. The number of carbonyl (C=O) groups is 1. The van der Waals surface area contributed by atoms with E-state index in [1.807, 2.05) is 30.3 Å². The third-order valence-corrected chi connectivity index (χ3v) is 7.04. The van der Waals surface area contributed by atoms with Crippen molar-refractivity contribution in [1.82, 2.24) is 4.31 Å². The third kappa shape index (κ3) is 4.24. The first-order valence-electron chi connectivity index (χ1n) is 9.34. The summed E-state index contributed by atoms with van der Waals surface area (Å²) < 4.78 is 27.1. The number of sulfonamides is 1. The number of benzene rings is 2. The highest BCUT2D eigenvalue weighted by molar-refractivity contribution is 7.89. The number of hydrogen-bond donors (Lipinski definition) is 1. The van der Waals surface area contributed by atoms with Gasteiger partial charge in [0.25, 0.3) is 0 Å². The van der Waals surface area contributed by atoms with Crippen LogP contribution in [-0.4, -0.2) is 31.7 Å². The van der Waals surface area contributed by atoms with E-state index in [1.165, 1.54) is 22.0 Å². The summed E-state index contributed by atoms with van der Waals surface area (Å²) >= 11 is 0. The summed E-state index contributed by atoms with van der Waals surface area (Å²) in [7, 11) is -3.74. The molecule has 0 aromatic heterocycles. The van der Waals surface area contributed by atoms with E-state index in [-0.39, 0.29) is 35.4 Å². The lowest BCUT2D eigenvalue weighted by Gasteiger charge is -2.30. The lowest BCUT2D eigenvalue weighted by molar-refractivity contribution is -0.120. The van der Waals surface area contributed by atoms with Gasteiger partial charge in [0, 0.05) is 24.7 Å². The molecule has 1 fully saturated rings. The van der Waals surface area contributed by atoms with E-state index >= 15 is 0 Å². The van der Waals surface area contributed by atoms with Crippen LogP contribution < -0.4 is 5.32 Å². The molecule has 1 aliphatic heterocycles. The van der Waals surface area contributed by atoms with Crippen molar-refractivity contribution in [2.24, 2.45) is 5.92 Å². The second-order valence-electron chi connectivity index (χ2n) is 6.83. The van der Waals surface area contributed by atoms with Crippen LogP contribution in [0.4, 0.5) is 5.69 Å². The van der Waals surface area contributed by atoms with Gasteiger partial charge >= 0.3 is 0 Å². The van der Waals surface area contributed by atoms with Gasteiger partial charge in [-0.3, -0.25) is 4.79 Å². The molecular weight excluding hydrogens is 374 g/mol. The van der Waals surface area contributed by atoms with Gasteiger partial charge in [0.15, 0.2) is 0 Å². The summed E-state index contributed by atoms with van der Waals surface area (Å²) in [4.78, 5) is 12.6. The molecule has 3 rings (SSSR count). The van der Waals surface area contributed by atoms with Crippen LogP contribution in [0.25, 0.3) is 0 Å². The fourth-order valence-electron chi connectivity index (χ4n) is 3.35. The average Bonchev–Trinajstić information content (AvgIpc) is 2.74. The highest BCUT2D eigenvalue weighted by Crippen LogP contribution is 2.26. The van der Waals surface area contributed by atoms with Gasteiger partial charge in [-0.1, -0.05) is 31.2 Å². The summed E-state index contributed by atoms with van der Waals surface area (Å²) in [6, 6.07) is 15.9. The number of nitriles is 1. The van der Waals surface area contributed by atoms with Crippen LogP contribution in [-0.2, 0) is 21.2 Å². The van der Waals surface area contributed by atoms with Crippen LogP contribution in [0, 0.1) is 17.2 Å². The fraction of sp³-hybridized carbons (Fsp3) is 0.333. The molecule has 146 valence electrons. The Morgan fingerprint density at radius 2 is 1.79 bits per heavy atom. The van der Waals surface area contributed by atoms with Crippen LogP contribution in [0.15, 0.2) is 53.4 Å². The minimum Gasteiger partial charge on any atom is -0.326 e. The van der Waals surface area contributed by atoms with Gasteiger partial charge in [0.2, 0.25) is 15.9 Å². The third-order valence-electron chi connectivity index (χ3n) is 5.08. The Morgan fingerprint density at radius 1 is 1.14 bits per heavy atom. The molecule has 0 unspecified atom stereocenters. The van der Waals surface area contributed by atoms with Crippen LogP contribution in [0.5, 0.6) is 0 Å².